The van der Waals surface area contributed by atoms with E-state index in [1.54, 1.807) is 11.0 Å². The van der Waals surface area contributed by atoms with Crippen molar-refractivity contribution < 1.29 is 19.1 Å². The summed E-state index contributed by atoms with van der Waals surface area (Å²) in [5, 5.41) is 10.9. The zero-order chi connectivity index (χ0) is 14.5. The highest BCUT2D eigenvalue weighted by molar-refractivity contribution is 5.99. The summed E-state index contributed by atoms with van der Waals surface area (Å²) < 4.78 is 13.2. The van der Waals surface area contributed by atoms with Crippen LogP contribution in [0.2, 0.25) is 0 Å². The van der Waals surface area contributed by atoms with E-state index >= 15 is 0 Å². The Labute approximate surface area is 115 Å². The Balaban J connectivity index is 2.20. The predicted molar refractivity (Wildman–Crippen MR) is 68.8 cm³/mol. The number of aliphatic hydroxyl groups excluding tert-OH is 1. The molecule has 0 aromatic heterocycles. The summed E-state index contributed by atoms with van der Waals surface area (Å²) in [6.45, 7) is 0.210. The van der Waals surface area contributed by atoms with Gasteiger partial charge in [-0.2, -0.15) is 0 Å². The monoisotopic (exact) mass is 276 g/mol. The number of carbonyl (C=O) groups is 2. The minimum Gasteiger partial charge on any atom is -0.384 e. The van der Waals surface area contributed by atoms with Gasteiger partial charge >= 0.3 is 0 Å². The summed E-state index contributed by atoms with van der Waals surface area (Å²) in [5.41, 5.74) is 1.15. The number of nitrogens with zero attached hydrogens (tertiary/aromatic N) is 1. The second-order valence-electron chi connectivity index (χ2n) is 4.38. The average molecular weight is 276 g/mol. The van der Waals surface area contributed by atoms with Crippen molar-refractivity contribution in [1.29, 1.82) is 0 Å². The van der Waals surface area contributed by atoms with Gasteiger partial charge in [0.05, 0.1) is 13.1 Å². The molecule has 0 aliphatic carbocycles. The van der Waals surface area contributed by atoms with Gasteiger partial charge in [0.1, 0.15) is 12.4 Å². The van der Waals surface area contributed by atoms with E-state index in [-0.39, 0.29) is 31.5 Å². The van der Waals surface area contributed by atoms with Gasteiger partial charge in [-0.3, -0.25) is 19.8 Å². The molecule has 0 radical (unpaired) electrons. The molecule has 1 heterocycles. The molecule has 104 valence electrons. The van der Waals surface area contributed by atoms with Crippen molar-refractivity contribution >= 4 is 11.8 Å². The maximum atomic E-state index is 13.2. The fourth-order valence-corrected chi connectivity index (χ4v) is 1.99. The summed E-state index contributed by atoms with van der Waals surface area (Å²) in [5.74, 6) is 3.99. The number of carbonyl (C=O) groups excluding carboxylic acids is 2. The Morgan fingerprint density at radius 1 is 1.30 bits per heavy atom. The van der Waals surface area contributed by atoms with Crippen LogP contribution in [0.3, 0.4) is 0 Å². The lowest BCUT2D eigenvalue weighted by Gasteiger charge is -2.25. The molecule has 5 nitrogen and oxygen atoms in total. The van der Waals surface area contributed by atoms with Crippen molar-refractivity contribution in [2.24, 2.45) is 0 Å². The Morgan fingerprint density at radius 2 is 2.00 bits per heavy atom. The average Bonchev–Trinajstić information content (AvgIpc) is 2.38. The first-order valence-corrected chi connectivity index (χ1v) is 6.01. The molecule has 20 heavy (non-hydrogen) atoms. The first-order valence-electron chi connectivity index (χ1n) is 6.01. The van der Waals surface area contributed by atoms with Crippen molar-refractivity contribution in [2.45, 2.75) is 6.54 Å². The highest BCUT2D eigenvalue weighted by Crippen LogP contribution is 2.13. The van der Waals surface area contributed by atoms with E-state index in [1.807, 2.05) is 0 Å². The van der Waals surface area contributed by atoms with Crippen LogP contribution in [0.25, 0.3) is 0 Å². The topological polar surface area (TPSA) is 69.6 Å². The lowest BCUT2D eigenvalue weighted by molar-refractivity contribution is -0.136. The predicted octanol–water partition coefficient (Wildman–Crippen LogP) is -0.372. The first-order chi connectivity index (χ1) is 9.58. The van der Waals surface area contributed by atoms with Crippen LogP contribution in [0.5, 0.6) is 0 Å². The normalized spacial score (nSPS) is 15.5. The minimum absolute atomic E-state index is 0.107. The molecule has 2 N–H and O–H groups in total. The van der Waals surface area contributed by atoms with Gasteiger partial charge in [0.25, 0.3) is 0 Å². The van der Waals surface area contributed by atoms with Gasteiger partial charge in [-0.25, -0.2) is 4.39 Å². The van der Waals surface area contributed by atoms with Gasteiger partial charge in [0.2, 0.25) is 11.8 Å². The Kier molecular flexibility index (Phi) is 4.45. The molecule has 1 aliphatic heterocycles. The van der Waals surface area contributed by atoms with Gasteiger partial charge in [0, 0.05) is 12.1 Å². The lowest BCUT2D eigenvalue weighted by Crippen LogP contribution is -2.50. The van der Waals surface area contributed by atoms with E-state index in [9.17, 15) is 14.0 Å². The minimum atomic E-state index is -0.427. The lowest BCUT2D eigenvalue weighted by atomic mass is 10.1. The van der Waals surface area contributed by atoms with Crippen LogP contribution in [0.1, 0.15) is 11.1 Å². The molecule has 0 bridgehead atoms. The third-order valence-corrected chi connectivity index (χ3v) is 2.78. The number of hydrogen-bond acceptors (Lipinski definition) is 4. The smallest absolute Gasteiger partial charge is 0.240 e. The zero-order valence-electron chi connectivity index (χ0n) is 10.6. The third-order valence-electron chi connectivity index (χ3n) is 2.78. The molecule has 0 saturated carbocycles. The number of hydrogen-bond donors (Lipinski definition) is 2. The SMILES string of the molecule is O=C1CN(Cc2ccc(F)cc2C#CCO)CC(=O)N1. The molecule has 0 spiro atoms. The summed E-state index contributed by atoms with van der Waals surface area (Å²) in [4.78, 5) is 24.2. The molecule has 1 aromatic carbocycles. The molecule has 1 aliphatic rings. The van der Waals surface area contributed by atoms with Crippen LogP contribution >= 0.6 is 0 Å². The van der Waals surface area contributed by atoms with Crippen LogP contribution in [0, 0.1) is 17.7 Å². The number of amides is 2. The van der Waals surface area contributed by atoms with Crippen molar-refractivity contribution in [1.82, 2.24) is 10.2 Å². The molecular weight excluding hydrogens is 263 g/mol. The zero-order valence-corrected chi connectivity index (χ0v) is 10.6. The Morgan fingerprint density at radius 3 is 2.65 bits per heavy atom. The largest absolute Gasteiger partial charge is 0.384 e. The van der Waals surface area contributed by atoms with Crippen molar-refractivity contribution in [3.8, 4) is 11.8 Å². The first kappa shape index (κ1) is 14.2. The van der Waals surface area contributed by atoms with E-state index in [0.717, 1.165) is 0 Å². The van der Waals surface area contributed by atoms with Gasteiger partial charge in [0.15, 0.2) is 0 Å². The number of halogens is 1. The van der Waals surface area contributed by atoms with E-state index in [1.165, 1.54) is 12.1 Å². The highest BCUT2D eigenvalue weighted by atomic mass is 19.1. The van der Waals surface area contributed by atoms with Gasteiger partial charge < -0.3 is 5.11 Å². The third kappa shape index (κ3) is 3.63. The number of rotatable bonds is 2. The van der Waals surface area contributed by atoms with Crippen LogP contribution in [0.4, 0.5) is 4.39 Å². The fourth-order valence-electron chi connectivity index (χ4n) is 1.99. The van der Waals surface area contributed by atoms with Gasteiger partial charge in [-0.05, 0) is 17.7 Å². The van der Waals surface area contributed by atoms with Crippen molar-refractivity contribution in [3.05, 3.63) is 35.1 Å². The Bertz CT molecular complexity index is 588. The molecule has 6 heteroatoms. The molecule has 2 rings (SSSR count). The molecular formula is C14H13FN2O3. The molecule has 0 unspecified atom stereocenters. The number of imide groups is 1. The maximum absolute atomic E-state index is 13.2. The van der Waals surface area contributed by atoms with Crippen LogP contribution in [-0.2, 0) is 16.1 Å². The van der Waals surface area contributed by atoms with Crippen LogP contribution in [-0.4, -0.2) is 41.5 Å². The highest BCUT2D eigenvalue weighted by Gasteiger charge is 2.22. The molecule has 1 aromatic rings. The molecule has 2 amide bonds. The van der Waals surface area contributed by atoms with E-state index in [0.29, 0.717) is 17.7 Å². The second-order valence-corrected chi connectivity index (χ2v) is 4.38. The maximum Gasteiger partial charge on any atom is 0.240 e. The van der Waals surface area contributed by atoms with Gasteiger partial charge in [-0.1, -0.05) is 17.9 Å². The number of aliphatic hydroxyl groups is 1. The van der Waals surface area contributed by atoms with Crippen molar-refractivity contribution in [2.75, 3.05) is 19.7 Å². The summed E-state index contributed by atoms with van der Waals surface area (Å²) in [7, 11) is 0. The second kappa shape index (κ2) is 6.28. The van der Waals surface area contributed by atoms with Crippen LogP contribution < -0.4 is 5.32 Å². The van der Waals surface area contributed by atoms with Crippen LogP contribution in [0.15, 0.2) is 18.2 Å². The van der Waals surface area contributed by atoms with E-state index in [2.05, 4.69) is 17.2 Å². The van der Waals surface area contributed by atoms with E-state index in [4.69, 9.17) is 5.11 Å². The molecule has 0 atom stereocenters. The number of nitrogens with one attached hydrogen (secondary N) is 1. The molecule has 1 saturated heterocycles. The van der Waals surface area contributed by atoms with Crippen molar-refractivity contribution in [3.63, 3.8) is 0 Å². The summed E-state index contributed by atoms with van der Waals surface area (Å²) in [6, 6.07) is 4.13. The number of piperazine rings is 1. The van der Waals surface area contributed by atoms with Gasteiger partial charge in [-0.15, -0.1) is 0 Å². The summed E-state index contributed by atoms with van der Waals surface area (Å²) in [6.07, 6.45) is 0. The summed E-state index contributed by atoms with van der Waals surface area (Å²) >= 11 is 0. The quantitative estimate of drug-likeness (QED) is 0.571. The fraction of sp³-hybridized carbons (Fsp3) is 0.286. The Hall–Kier alpha value is -2.23. The number of benzene rings is 1. The standard InChI is InChI=1S/C14H13FN2O3/c15-12-4-3-11(10(6-12)2-1-5-18)7-17-8-13(19)16-14(20)9-17/h3-4,6,18H,5,7-9H2,(H,16,19,20). The molecule has 1 fully saturated rings. The van der Waals surface area contributed by atoms with E-state index < -0.39 is 5.82 Å².